The Kier molecular flexibility index (Phi) is 6.44. The third-order valence-electron chi connectivity index (χ3n) is 3.47. The fraction of sp³-hybridized carbons (Fsp3) is 0.278. The molecule has 0 fully saturated rings. The van der Waals surface area contributed by atoms with E-state index in [0.717, 1.165) is 22.6 Å². The third-order valence-corrected chi connectivity index (χ3v) is 3.88. The first-order chi connectivity index (χ1) is 11.1. The molecule has 0 atom stereocenters. The number of anilines is 1. The molecule has 2 aromatic carbocycles. The minimum absolute atomic E-state index is 0.0350. The molecule has 23 heavy (non-hydrogen) atoms. The van der Waals surface area contributed by atoms with Crippen LogP contribution in [0.15, 0.2) is 42.5 Å². The van der Waals surface area contributed by atoms with Gasteiger partial charge in [-0.15, -0.1) is 0 Å². The van der Waals surface area contributed by atoms with Crippen molar-refractivity contribution in [3.8, 4) is 5.75 Å². The second-order valence-corrected chi connectivity index (χ2v) is 5.69. The molecule has 2 aromatic rings. The summed E-state index contributed by atoms with van der Waals surface area (Å²) in [5, 5.41) is 6.75. The van der Waals surface area contributed by atoms with E-state index < -0.39 is 0 Å². The van der Waals surface area contributed by atoms with Gasteiger partial charge in [0.25, 0.3) is 0 Å². The summed E-state index contributed by atoms with van der Waals surface area (Å²) in [6.45, 7) is 3.25. The lowest BCUT2D eigenvalue weighted by molar-refractivity contribution is -0.116. The average Bonchev–Trinajstić information content (AvgIpc) is 2.55. The van der Waals surface area contributed by atoms with E-state index in [-0.39, 0.29) is 5.91 Å². The van der Waals surface area contributed by atoms with E-state index in [0.29, 0.717) is 24.5 Å². The Bertz CT molecular complexity index is 657. The number of benzene rings is 2. The molecule has 0 radical (unpaired) electrons. The molecule has 0 saturated heterocycles. The smallest absolute Gasteiger partial charge is 0.225 e. The summed E-state index contributed by atoms with van der Waals surface area (Å²) in [6.07, 6.45) is 0.404. The summed E-state index contributed by atoms with van der Waals surface area (Å²) in [5.74, 6) is 0.803. The quantitative estimate of drug-likeness (QED) is 0.759. The SMILES string of the molecule is COc1ccc(CNCCC(=O)Nc2ccc(C)c(Cl)c2)cc1. The molecule has 4 nitrogen and oxygen atoms in total. The molecule has 0 unspecified atom stereocenters. The predicted molar refractivity (Wildman–Crippen MR) is 94.1 cm³/mol. The number of hydrogen-bond acceptors (Lipinski definition) is 3. The Hall–Kier alpha value is -2.04. The molecule has 2 N–H and O–H groups in total. The van der Waals surface area contributed by atoms with Gasteiger partial charge in [0.05, 0.1) is 7.11 Å². The zero-order valence-corrected chi connectivity index (χ0v) is 14.1. The molecule has 0 saturated carbocycles. The number of amides is 1. The highest BCUT2D eigenvalue weighted by Gasteiger charge is 2.04. The summed E-state index contributed by atoms with van der Waals surface area (Å²) in [6, 6.07) is 13.3. The fourth-order valence-corrected chi connectivity index (χ4v) is 2.25. The van der Waals surface area contributed by atoms with Gasteiger partial charge in [-0.2, -0.15) is 0 Å². The topological polar surface area (TPSA) is 50.4 Å². The number of aryl methyl sites for hydroxylation is 1. The highest BCUT2D eigenvalue weighted by atomic mass is 35.5. The second kappa shape index (κ2) is 8.56. The lowest BCUT2D eigenvalue weighted by Crippen LogP contribution is -2.21. The van der Waals surface area contributed by atoms with Gasteiger partial charge in [-0.3, -0.25) is 4.79 Å². The van der Waals surface area contributed by atoms with Crippen LogP contribution >= 0.6 is 11.6 Å². The fourth-order valence-electron chi connectivity index (χ4n) is 2.07. The Morgan fingerprint density at radius 1 is 1.17 bits per heavy atom. The predicted octanol–water partition coefficient (Wildman–Crippen LogP) is 3.78. The number of rotatable bonds is 7. The van der Waals surface area contributed by atoms with Gasteiger partial charge in [-0.05, 0) is 42.3 Å². The van der Waals surface area contributed by atoms with Gasteiger partial charge in [-0.1, -0.05) is 29.8 Å². The first kappa shape index (κ1) is 17.3. The van der Waals surface area contributed by atoms with Crippen molar-refractivity contribution < 1.29 is 9.53 Å². The van der Waals surface area contributed by atoms with E-state index in [1.54, 1.807) is 13.2 Å². The van der Waals surface area contributed by atoms with Gasteiger partial charge in [0.2, 0.25) is 5.91 Å². The summed E-state index contributed by atoms with van der Waals surface area (Å²) in [4.78, 5) is 11.9. The molecule has 122 valence electrons. The van der Waals surface area contributed by atoms with Gasteiger partial charge in [0.1, 0.15) is 5.75 Å². The lowest BCUT2D eigenvalue weighted by Gasteiger charge is -2.08. The lowest BCUT2D eigenvalue weighted by atomic mass is 10.2. The molecule has 0 spiro atoms. The Morgan fingerprint density at radius 3 is 2.57 bits per heavy atom. The molecule has 2 rings (SSSR count). The number of methoxy groups -OCH3 is 1. The number of carbonyl (C=O) groups is 1. The van der Waals surface area contributed by atoms with Crippen LogP contribution in [0.4, 0.5) is 5.69 Å². The molecule has 0 aromatic heterocycles. The molecule has 0 aliphatic carbocycles. The number of ether oxygens (including phenoxy) is 1. The molecule has 0 aliphatic heterocycles. The molecule has 1 amide bonds. The van der Waals surface area contributed by atoms with Crippen molar-refractivity contribution in [2.45, 2.75) is 19.9 Å². The molecular formula is C18H21ClN2O2. The number of nitrogens with one attached hydrogen (secondary N) is 2. The zero-order valence-electron chi connectivity index (χ0n) is 13.4. The molecule has 0 heterocycles. The highest BCUT2D eigenvalue weighted by molar-refractivity contribution is 6.31. The first-order valence-electron chi connectivity index (χ1n) is 7.48. The van der Waals surface area contributed by atoms with Crippen molar-refractivity contribution in [2.75, 3.05) is 19.0 Å². The van der Waals surface area contributed by atoms with Crippen molar-refractivity contribution in [1.82, 2.24) is 5.32 Å². The van der Waals surface area contributed by atoms with Crippen molar-refractivity contribution in [3.05, 3.63) is 58.6 Å². The monoisotopic (exact) mass is 332 g/mol. The molecular weight excluding hydrogens is 312 g/mol. The van der Waals surface area contributed by atoms with Crippen molar-refractivity contribution in [2.24, 2.45) is 0 Å². The van der Waals surface area contributed by atoms with Crippen LogP contribution in [0, 0.1) is 6.92 Å². The minimum Gasteiger partial charge on any atom is -0.497 e. The maximum absolute atomic E-state index is 11.9. The van der Waals surface area contributed by atoms with E-state index in [4.69, 9.17) is 16.3 Å². The summed E-state index contributed by atoms with van der Waals surface area (Å²) in [5.41, 5.74) is 2.86. The average molecular weight is 333 g/mol. The summed E-state index contributed by atoms with van der Waals surface area (Å²) >= 11 is 6.04. The molecule has 0 bridgehead atoms. The zero-order chi connectivity index (χ0) is 16.7. The van der Waals surface area contributed by atoms with Crippen LogP contribution in [0.25, 0.3) is 0 Å². The Morgan fingerprint density at radius 2 is 1.91 bits per heavy atom. The van der Waals surface area contributed by atoms with Gasteiger partial charge in [0.15, 0.2) is 0 Å². The third kappa shape index (κ3) is 5.58. The Balaban J connectivity index is 1.70. The maximum Gasteiger partial charge on any atom is 0.225 e. The van der Waals surface area contributed by atoms with Crippen molar-refractivity contribution >= 4 is 23.2 Å². The van der Waals surface area contributed by atoms with Crippen LogP contribution in [0.5, 0.6) is 5.75 Å². The minimum atomic E-state index is -0.0350. The van der Waals surface area contributed by atoms with Crippen LogP contribution in [0.3, 0.4) is 0 Å². The summed E-state index contributed by atoms with van der Waals surface area (Å²) in [7, 11) is 1.65. The van der Waals surface area contributed by atoms with Crippen LogP contribution < -0.4 is 15.4 Å². The summed E-state index contributed by atoms with van der Waals surface area (Å²) < 4.78 is 5.12. The van der Waals surface area contributed by atoms with E-state index >= 15 is 0 Å². The van der Waals surface area contributed by atoms with E-state index in [2.05, 4.69) is 10.6 Å². The molecule has 5 heteroatoms. The van der Waals surface area contributed by atoms with Crippen molar-refractivity contribution in [1.29, 1.82) is 0 Å². The van der Waals surface area contributed by atoms with Gasteiger partial charge >= 0.3 is 0 Å². The van der Waals surface area contributed by atoms with Crippen LogP contribution in [-0.4, -0.2) is 19.6 Å². The van der Waals surface area contributed by atoms with Gasteiger partial charge < -0.3 is 15.4 Å². The number of hydrogen-bond donors (Lipinski definition) is 2. The van der Waals surface area contributed by atoms with E-state index in [1.807, 2.05) is 43.3 Å². The number of halogens is 1. The highest BCUT2D eigenvalue weighted by Crippen LogP contribution is 2.20. The van der Waals surface area contributed by atoms with Gasteiger partial charge in [-0.25, -0.2) is 0 Å². The Labute approximate surface area is 141 Å². The standard InChI is InChI=1S/C18H21ClN2O2/c1-13-3-6-15(11-17(13)19)21-18(22)9-10-20-12-14-4-7-16(23-2)8-5-14/h3-8,11,20H,9-10,12H2,1-2H3,(H,21,22). The van der Waals surface area contributed by atoms with Gasteiger partial charge in [0, 0.05) is 30.2 Å². The second-order valence-electron chi connectivity index (χ2n) is 5.29. The number of carbonyl (C=O) groups excluding carboxylic acids is 1. The van der Waals surface area contributed by atoms with E-state index in [1.165, 1.54) is 0 Å². The first-order valence-corrected chi connectivity index (χ1v) is 7.86. The molecule has 0 aliphatic rings. The normalized spacial score (nSPS) is 10.4. The van der Waals surface area contributed by atoms with Crippen LogP contribution in [0.2, 0.25) is 5.02 Å². The maximum atomic E-state index is 11.9. The van der Waals surface area contributed by atoms with Crippen LogP contribution in [0.1, 0.15) is 17.5 Å². The van der Waals surface area contributed by atoms with E-state index in [9.17, 15) is 4.79 Å². The van der Waals surface area contributed by atoms with Crippen molar-refractivity contribution in [3.63, 3.8) is 0 Å². The van der Waals surface area contributed by atoms with Crippen LogP contribution in [-0.2, 0) is 11.3 Å². The largest absolute Gasteiger partial charge is 0.497 e.